The maximum absolute atomic E-state index is 12.5. The van der Waals surface area contributed by atoms with Gasteiger partial charge in [-0.2, -0.15) is 13.2 Å². The second kappa shape index (κ2) is 9.33. The molecule has 0 aliphatic heterocycles. The zero-order valence-electron chi connectivity index (χ0n) is 15.0. The number of nitrogens with one attached hydrogen (secondary N) is 1. The predicted octanol–water partition coefficient (Wildman–Crippen LogP) is 2.25. The number of halogens is 3. The van der Waals surface area contributed by atoms with Gasteiger partial charge in [-0.1, -0.05) is 0 Å². The van der Waals surface area contributed by atoms with Crippen LogP contribution in [0.4, 0.5) is 18.9 Å². The van der Waals surface area contributed by atoms with E-state index in [1.807, 2.05) is 19.0 Å². The van der Waals surface area contributed by atoms with E-state index in [9.17, 15) is 26.4 Å². The van der Waals surface area contributed by atoms with E-state index in [2.05, 4.69) is 5.32 Å². The molecule has 1 N–H and O–H groups in total. The van der Waals surface area contributed by atoms with Crippen molar-refractivity contribution in [3.05, 3.63) is 29.8 Å². The Labute approximate surface area is 152 Å². The first-order chi connectivity index (χ1) is 11.9. The summed E-state index contributed by atoms with van der Waals surface area (Å²) in [4.78, 5) is 13.9. The van der Waals surface area contributed by atoms with Gasteiger partial charge < -0.3 is 10.2 Å². The first-order valence-corrected chi connectivity index (χ1v) is 9.81. The highest BCUT2D eigenvalue weighted by Gasteiger charge is 2.30. The lowest BCUT2D eigenvalue weighted by Gasteiger charge is -2.20. The number of nitrogens with zero attached hydrogens (tertiary/aromatic N) is 2. The van der Waals surface area contributed by atoms with Crippen LogP contribution in [0, 0.1) is 0 Å². The molecule has 6 nitrogen and oxygen atoms in total. The molecule has 0 radical (unpaired) electrons. The molecule has 0 aliphatic carbocycles. The van der Waals surface area contributed by atoms with Gasteiger partial charge in [0.2, 0.25) is 15.9 Å². The second-order valence-electron chi connectivity index (χ2n) is 6.19. The molecule has 0 bridgehead atoms. The summed E-state index contributed by atoms with van der Waals surface area (Å²) >= 11 is 0. The highest BCUT2D eigenvalue weighted by molar-refractivity contribution is 7.88. The van der Waals surface area contributed by atoms with Gasteiger partial charge in [-0.3, -0.25) is 4.79 Å². The summed E-state index contributed by atoms with van der Waals surface area (Å²) in [6.45, 7) is 1.02. The fraction of sp³-hybridized carbons (Fsp3) is 0.562. The van der Waals surface area contributed by atoms with Crippen LogP contribution in [0.15, 0.2) is 24.3 Å². The zero-order chi connectivity index (χ0) is 20.0. The molecule has 0 fully saturated rings. The predicted molar refractivity (Wildman–Crippen MR) is 94.3 cm³/mol. The summed E-state index contributed by atoms with van der Waals surface area (Å²) in [7, 11) is 0.311. The fourth-order valence-corrected chi connectivity index (χ4v) is 3.08. The van der Waals surface area contributed by atoms with Gasteiger partial charge in [0.25, 0.3) is 0 Å². The van der Waals surface area contributed by atoms with Crippen LogP contribution in [0.25, 0.3) is 0 Å². The van der Waals surface area contributed by atoms with E-state index < -0.39 is 27.7 Å². The van der Waals surface area contributed by atoms with Crippen LogP contribution < -0.4 is 5.32 Å². The third-order valence-electron chi connectivity index (χ3n) is 3.57. The van der Waals surface area contributed by atoms with Crippen molar-refractivity contribution < 1.29 is 26.4 Å². The number of anilines is 1. The first-order valence-electron chi connectivity index (χ1n) is 7.96. The molecule has 0 atom stereocenters. The number of hydrogen-bond donors (Lipinski definition) is 1. The molecule has 1 amide bonds. The number of carbonyl (C=O) groups excluding carboxylic acids is 1. The highest BCUT2D eigenvalue weighted by Crippen LogP contribution is 2.29. The van der Waals surface area contributed by atoms with Crippen molar-refractivity contribution in [2.45, 2.75) is 19.0 Å². The van der Waals surface area contributed by atoms with Crippen LogP contribution in [0.2, 0.25) is 0 Å². The van der Waals surface area contributed by atoms with Crippen LogP contribution >= 0.6 is 0 Å². The summed E-state index contributed by atoms with van der Waals surface area (Å²) in [5, 5.41) is 2.47. The van der Waals surface area contributed by atoms with Crippen LogP contribution in [0.1, 0.15) is 18.4 Å². The Morgan fingerprint density at radius 3 is 2.12 bits per heavy atom. The van der Waals surface area contributed by atoms with Crippen LogP contribution in [-0.4, -0.2) is 63.5 Å². The van der Waals surface area contributed by atoms with Crippen molar-refractivity contribution in [1.82, 2.24) is 9.21 Å². The lowest BCUT2D eigenvalue weighted by atomic mass is 10.2. The largest absolute Gasteiger partial charge is 0.416 e. The minimum absolute atomic E-state index is 0.0126. The van der Waals surface area contributed by atoms with E-state index in [0.717, 1.165) is 30.5 Å². The fourth-order valence-electron chi connectivity index (χ4n) is 2.20. The lowest BCUT2D eigenvalue weighted by Crippen LogP contribution is -2.35. The summed E-state index contributed by atoms with van der Waals surface area (Å²) in [6.07, 6.45) is -2.82. The SMILES string of the molecule is CN(C)CCCN(CCC(=O)Nc1ccc(C(F)(F)F)cc1)S(C)(=O)=O. The van der Waals surface area contributed by atoms with Gasteiger partial charge in [0, 0.05) is 25.2 Å². The van der Waals surface area contributed by atoms with Gasteiger partial charge in [0.15, 0.2) is 0 Å². The molecule has 0 saturated carbocycles. The minimum atomic E-state index is -4.44. The molecule has 0 spiro atoms. The van der Waals surface area contributed by atoms with Crippen molar-refractivity contribution in [2.75, 3.05) is 45.3 Å². The molecule has 1 aromatic rings. The van der Waals surface area contributed by atoms with E-state index in [4.69, 9.17) is 0 Å². The van der Waals surface area contributed by atoms with Gasteiger partial charge >= 0.3 is 6.18 Å². The van der Waals surface area contributed by atoms with Crippen LogP contribution in [-0.2, 0) is 21.0 Å². The molecule has 0 aromatic heterocycles. The van der Waals surface area contributed by atoms with Gasteiger partial charge in [-0.25, -0.2) is 12.7 Å². The number of amides is 1. The van der Waals surface area contributed by atoms with Crippen molar-refractivity contribution in [1.29, 1.82) is 0 Å². The maximum Gasteiger partial charge on any atom is 0.416 e. The molecule has 10 heteroatoms. The van der Waals surface area contributed by atoms with E-state index in [0.29, 0.717) is 19.5 Å². The molecular formula is C16H24F3N3O3S. The minimum Gasteiger partial charge on any atom is -0.326 e. The van der Waals surface area contributed by atoms with E-state index in [1.54, 1.807) is 0 Å². The standard InChI is InChI=1S/C16H24F3N3O3S/c1-21(2)10-4-11-22(26(3,24)25)12-9-15(23)20-14-7-5-13(6-8-14)16(17,18)19/h5-8H,4,9-12H2,1-3H3,(H,20,23). The average molecular weight is 395 g/mol. The second-order valence-corrected chi connectivity index (χ2v) is 8.17. The Kier molecular flexibility index (Phi) is 8.04. The normalized spacial score (nSPS) is 12.6. The Balaban J connectivity index is 2.57. The average Bonchev–Trinajstić information content (AvgIpc) is 2.48. The highest BCUT2D eigenvalue weighted by atomic mass is 32.2. The molecule has 0 unspecified atom stereocenters. The molecule has 0 saturated heterocycles. The Hall–Kier alpha value is -1.65. The molecule has 26 heavy (non-hydrogen) atoms. The quantitative estimate of drug-likeness (QED) is 0.696. The number of rotatable bonds is 9. The monoisotopic (exact) mass is 395 g/mol. The van der Waals surface area contributed by atoms with Gasteiger partial charge in [0.05, 0.1) is 11.8 Å². The van der Waals surface area contributed by atoms with Crippen molar-refractivity contribution >= 4 is 21.6 Å². The molecule has 1 rings (SSSR count). The van der Waals surface area contributed by atoms with Crippen molar-refractivity contribution in [2.24, 2.45) is 0 Å². The van der Waals surface area contributed by atoms with E-state index in [1.165, 1.54) is 4.31 Å². The molecular weight excluding hydrogens is 371 g/mol. The maximum atomic E-state index is 12.5. The summed E-state index contributed by atoms with van der Waals surface area (Å²) < 4.78 is 62.3. The number of alkyl halides is 3. The Morgan fingerprint density at radius 1 is 1.08 bits per heavy atom. The van der Waals surface area contributed by atoms with Crippen LogP contribution in [0.5, 0.6) is 0 Å². The third kappa shape index (κ3) is 8.15. The van der Waals surface area contributed by atoms with Crippen molar-refractivity contribution in [3.63, 3.8) is 0 Å². The molecule has 1 aromatic carbocycles. The molecule has 148 valence electrons. The first kappa shape index (κ1) is 22.4. The Bertz CT molecular complexity index is 689. The van der Waals surface area contributed by atoms with E-state index >= 15 is 0 Å². The third-order valence-corrected chi connectivity index (χ3v) is 4.87. The molecule has 0 aliphatic rings. The lowest BCUT2D eigenvalue weighted by molar-refractivity contribution is -0.137. The molecule has 0 heterocycles. The van der Waals surface area contributed by atoms with Crippen LogP contribution in [0.3, 0.4) is 0 Å². The smallest absolute Gasteiger partial charge is 0.326 e. The van der Waals surface area contributed by atoms with Gasteiger partial charge in [-0.15, -0.1) is 0 Å². The number of hydrogen-bond acceptors (Lipinski definition) is 4. The topological polar surface area (TPSA) is 69.7 Å². The van der Waals surface area contributed by atoms with Gasteiger partial charge in [0.1, 0.15) is 0 Å². The van der Waals surface area contributed by atoms with Crippen molar-refractivity contribution in [3.8, 4) is 0 Å². The van der Waals surface area contributed by atoms with Gasteiger partial charge in [-0.05, 0) is 51.3 Å². The van der Waals surface area contributed by atoms with E-state index in [-0.39, 0.29) is 18.7 Å². The number of carbonyl (C=O) groups is 1. The Morgan fingerprint density at radius 2 is 1.65 bits per heavy atom. The number of sulfonamides is 1. The number of benzene rings is 1. The summed E-state index contributed by atoms with van der Waals surface area (Å²) in [6, 6.07) is 4.07. The summed E-state index contributed by atoms with van der Waals surface area (Å²) in [5.41, 5.74) is -0.582. The summed E-state index contributed by atoms with van der Waals surface area (Å²) in [5.74, 6) is -0.467. The zero-order valence-corrected chi connectivity index (χ0v) is 15.8.